The van der Waals surface area contributed by atoms with E-state index in [0.29, 0.717) is 12.2 Å². The van der Waals surface area contributed by atoms with Gasteiger partial charge in [0.15, 0.2) is 0 Å². The van der Waals surface area contributed by atoms with Crippen molar-refractivity contribution in [3.05, 3.63) is 52.7 Å². The minimum absolute atomic E-state index is 0.127. The van der Waals surface area contributed by atoms with Crippen LogP contribution < -0.4 is 5.32 Å². The van der Waals surface area contributed by atoms with Gasteiger partial charge in [0.1, 0.15) is 16.2 Å². The van der Waals surface area contributed by atoms with Crippen molar-refractivity contribution >= 4 is 66.1 Å². The van der Waals surface area contributed by atoms with E-state index in [1.807, 2.05) is 33.8 Å². The Kier molecular flexibility index (Phi) is 5.77. The normalized spacial score (nSPS) is 16.7. The quantitative estimate of drug-likeness (QED) is 0.325. The van der Waals surface area contributed by atoms with Crippen molar-refractivity contribution in [3.63, 3.8) is 0 Å². The van der Waals surface area contributed by atoms with Gasteiger partial charge in [-0.15, -0.1) is 22.7 Å². The summed E-state index contributed by atoms with van der Waals surface area (Å²) >= 11 is 2.98. The largest absolute Gasteiger partial charge is 0.444 e. The van der Waals surface area contributed by atoms with E-state index in [1.54, 1.807) is 34.0 Å². The van der Waals surface area contributed by atoms with E-state index in [0.717, 1.165) is 43.0 Å². The second-order valence-electron chi connectivity index (χ2n) is 9.26. The zero-order chi connectivity index (χ0) is 24.0. The summed E-state index contributed by atoms with van der Waals surface area (Å²) in [5, 5.41) is 4.14. The summed E-state index contributed by atoms with van der Waals surface area (Å²) in [6.07, 6.45) is 4.35. The molecule has 0 aliphatic carbocycles. The van der Waals surface area contributed by atoms with E-state index in [4.69, 9.17) is 4.74 Å². The van der Waals surface area contributed by atoms with E-state index < -0.39 is 5.60 Å². The number of ether oxygens (including phenoxy) is 1. The SMILES string of the molecule is CC1C(c2cc3c(Nc4cc5ncsc5cc4F)ccnc3s2)=CCCN1C(=O)OC(C)(C)C. The highest BCUT2D eigenvalue weighted by Crippen LogP contribution is 2.38. The number of rotatable bonds is 3. The number of thiazole rings is 1. The lowest BCUT2D eigenvalue weighted by atomic mass is 10.00. The summed E-state index contributed by atoms with van der Waals surface area (Å²) in [7, 11) is 0. The number of fused-ring (bicyclic) bond motifs is 2. The highest BCUT2D eigenvalue weighted by molar-refractivity contribution is 7.19. The summed E-state index contributed by atoms with van der Waals surface area (Å²) < 4.78 is 21.1. The van der Waals surface area contributed by atoms with Crippen molar-refractivity contribution in [1.82, 2.24) is 14.9 Å². The van der Waals surface area contributed by atoms with Gasteiger partial charge in [0.2, 0.25) is 0 Å². The third-order valence-electron chi connectivity index (χ3n) is 5.69. The van der Waals surface area contributed by atoms with Crippen LogP contribution in [-0.4, -0.2) is 39.1 Å². The van der Waals surface area contributed by atoms with Crippen LogP contribution in [0.3, 0.4) is 0 Å². The summed E-state index contributed by atoms with van der Waals surface area (Å²) in [5.74, 6) is -0.325. The van der Waals surface area contributed by atoms with Crippen LogP contribution in [0.2, 0.25) is 0 Å². The zero-order valence-electron chi connectivity index (χ0n) is 19.4. The molecule has 4 aromatic rings. The van der Waals surface area contributed by atoms with Crippen molar-refractivity contribution < 1.29 is 13.9 Å². The lowest BCUT2D eigenvalue weighted by Gasteiger charge is -2.35. The van der Waals surface area contributed by atoms with Crippen LogP contribution in [0.25, 0.3) is 26.0 Å². The molecule has 6 nitrogen and oxygen atoms in total. The van der Waals surface area contributed by atoms with Gasteiger partial charge >= 0.3 is 6.09 Å². The fourth-order valence-electron chi connectivity index (χ4n) is 4.08. The summed E-state index contributed by atoms with van der Waals surface area (Å²) in [6, 6.07) is 7.01. The summed E-state index contributed by atoms with van der Waals surface area (Å²) in [4.78, 5) is 25.2. The maximum Gasteiger partial charge on any atom is 0.410 e. The van der Waals surface area contributed by atoms with Gasteiger partial charge in [-0.2, -0.15) is 0 Å². The zero-order valence-corrected chi connectivity index (χ0v) is 21.0. The number of anilines is 2. The molecule has 1 aliphatic heterocycles. The average Bonchev–Trinajstić information content (AvgIpc) is 3.40. The number of benzene rings is 1. The molecule has 1 unspecified atom stereocenters. The molecule has 5 rings (SSSR count). The van der Waals surface area contributed by atoms with E-state index in [2.05, 4.69) is 27.4 Å². The summed E-state index contributed by atoms with van der Waals surface area (Å²) in [6.45, 7) is 8.25. The molecule has 0 saturated carbocycles. The molecule has 1 amide bonds. The van der Waals surface area contributed by atoms with Crippen molar-refractivity contribution in [2.75, 3.05) is 11.9 Å². The van der Waals surface area contributed by atoms with Gasteiger partial charge in [0.25, 0.3) is 0 Å². The van der Waals surface area contributed by atoms with Crippen molar-refractivity contribution in [1.29, 1.82) is 0 Å². The second kappa shape index (κ2) is 8.63. The van der Waals surface area contributed by atoms with Crippen LogP contribution in [0.15, 0.2) is 42.0 Å². The number of aromatic nitrogens is 2. The first kappa shape index (κ1) is 22.7. The molecule has 1 aromatic carbocycles. The van der Waals surface area contributed by atoms with Crippen LogP contribution in [0.1, 0.15) is 39.0 Å². The van der Waals surface area contributed by atoms with E-state index >= 15 is 0 Å². The number of amides is 1. The van der Waals surface area contributed by atoms with Gasteiger partial charge in [-0.1, -0.05) is 6.08 Å². The smallest absolute Gasteiger partial charge is 0.410 e. The lowest BCUT2D eigenvalue weighted by molar-refractivity contribution is 0.0214. The Morgan fingerprint density at radius 1 is 1.24 bits per heavy atom. The molecule has 1 aliphatic rings. The Balaban J connectivity index is 1.45. The Morgan fingerprint density at radius 3 is 2.85 bits per heavy atom. The maximum atomic E-state index is 14.7. The number of carbonyl (C=O) groups excluding carboxylic acids is 1. The lowest BCUT2D eigenvalue weighted by Crippen LogP contribution is -2.44. The number of pyridine rings is 1. The van der Waals surface area contributed by atoms with E-state index in [-0.39, 0.29) is 18.0 Å². The first-order chi connectivity index (χ1) is 16.2. The maximum absolute atomic E-state index is 14.7. The molecule has 0 spiro atoms. The molecule has 0 saturated heterocycles. The number of nitrogens with one attached hydrogen (secondary N) is 1. The van der Waals surface area contributed by atoms with Gasteiger partial charge in [-0.3, -0.25) is 0 Å². The Morgan fingerprint density at radius 2 is 2.06 bits per heavy atom. The van der Waals surface area contributed by atoms with Crippen molar-refractivity contribution in [2.24, 2.45) is 0 Å². The molecule has 1 atom stereocenters. The van der Waals surface area contributed by atoms with E-state index in [1.165, 1.54) is 17.4 Å². The predicted molar refractivity (Wildman–Crippen MR) is 137 cm³/mol. The molecular formula is C25H25FN4O2S2. The third kappa shape index (κ3) is 4.37. The molecule has 0 fully saturated rings. The minimum atomic E-state index is -0.545. The van der Waals surface area contributed by atoms with E-state index in [9.17, 15) is 9.18 Å². The Bertz CT molecular complexity index is 1420. The molecule has 3 aromatic heterocycles. The third-order valence-corrected chi connectivity index (χ3v) is 7.57. The topological polar surface area (TPSA) is 67.4 Å². The minimum Gasteiger partial charge on any atom is -0.444 e. The van der Waals surface area contributed by atoms with Gasteiger partial charge in [0.05, 0.1) is 33.1 Å². The molecule has 9 heteroatoms. The standard InChI is InChI=1S/C25H25FN4O2S2/c1-14-15(6-5-9-30(14)24(31)32-25(2,3)4)21-10-16-18(7-8-27-23(16)34-21)29-19-12-20-22(11-17(19)26)33-13-28-20/h6-8,10-14H,5,9H2,1-4H3,(H,27,29). The second-order valence-corrected chi connectivity index (χ2v) is 11.2. The molecular weight excluding hydrogens is 471 g/mol. The van der Waals surface area contributed by atoms with Crippen LogP contribution in [0.4, 0.5) is 20.6 Å². The first-order valence-electron chi connectivity index (χ1n) is 11.1. The Hall–Kier alpha value is -3.04. The molecule has 1 N–H and O–H groups in total. The molecule has 176 valence electrons. The number of hydrogen-bond acceptors (Lipinski definition) is 7. The number of thiophene rings is 1. The van der Waals surface area contributed by atoms with Crippen LogP contribution in [0, 0.1) is 5.82 Å². The first-order valence-corrected chi connectivity index (χ1v) is 12.8. The molecule has 34 heavy (non-hydrogen) atoms. The number of carbonyl (C=O) groups is 1. The van der Waals surface area contributed by atoms with Crippen molar-refractivity contribution in [3.8, 4) is 0 Å². The van der Waals surface area contributed by atoms with Gasteiger partial charge in [-0.05, 0) is 64.0 Å². The Labute approximate surface area is 205 Å². The van der Waals surface area contributed by atoms with Gasteiger partial charge in [-0.25, -0.2) is 19.2 Å². The summed E-state index contributed by atoms with van der Waals surface area (Å²) in [5.41, 5.74) is 4.14. The highest BCUT2D eigenvalue weighted by Gasteiger charge is 2.31. The predicted octanol–water partition coefficient (Wildman–Crippen LogP) is 7.20. The van der Waals surface area contributed by atoms with Crippen molar-refractivity contribution in [2.45, 2.75) is 45.8 Å². The number of nitrogens with zero attached hydrogens (tertiary/aromatic N) is 3. The van der Waals surface area contributed by atoms with Gasteiger partial charge < -0.3 is 15.0 Å². The van der Waals surface area contributed by atoms with Crippen LogP contribution in [-0.2, 0) is 4.74 Å². The molecule has 4 heterocycles. The number of halogens is 1. The van der Waals surface area contributed by atoms with Crippen LogP contribution in [0.5, 0.6) is 0 Å². The average molecular weight is 497 g/mol. The highest BCUT2D eigenvalue weighted by atomic mass is 32.1. The molecule has 0 bridgehead atoms. The fraction of sp³-hybridized carbons (Fsp3) is 0.320. The molecule has 0 radical (unpaired) electrons. The van der Waals surface area contributed by atoms with Gasteiger partial charge in [0, 0.05) is 23.0 Å². The van der Waals surface area contributed by atoms with Crippen LogP contribution >= 0.6 is 22.7 Å². The fourth-order valence-corrected chi connectivity index (χ4v) is 5.91. The number of hydrogen-bond donors (Lipinski definition) is 1. The monoisotopic (exact) mass is 496 g/mol.